The molecule has 0 aliphatic carbocycles. The van der Waals surface area contributed by atoms with E-state index in [1.54, 1.807) is 30.8 Å². The lowest BCUT2D eigenvalue weighted by atomic mass is 10.2. The Kier molecular flexibility index (Phi) is 8.63. The Morgan fingerprint density at radius 2 is 1.84 bits per heavy atom. The van der Waals surface area contributed by atoms with E-state index in [-0.39, 0.29) is 21.7 Å². The van der Waals surface area contributed by atoms with E-state index < -0.39 is 22.0 Å². The molecule has 3 rings (SSSR count). The number of thioether (sulfide) groups is 1. The maximum absolute atomic E-state index is 13.6. The number of halogens is 3. The fourth-order valence-electron chi connectivity index (χ4n) is 3.60. The lowest BCUT2D eigenvalue weighted by Gasteiger charge is -2.33. The highest BCUT2D eigenvalue weighted by atomic mass is 35.5. The van der Waals surface area contributed by atoms with Crippen LogP contribution in [-0.2, 0) is 14.8 Å². The molecule has 0 bridgehead atoms. The minimum absolute atomic E-state index is 0.0476. The van der Waals surface area contributed by atoms with Crippen LogP contribution < -0.4 is 4.31 Å². The van der Waals surface area contributed by atoms with Crippen LogP contribution in [0.4, 0.5) is 5.69 Å². The highest BCUT2D eigenvalue weighted by Gasteiger charge is 2.33. The van der Waals surface area contributed by atoms with Crippen molar-refractivity contribution in [3.8, 4) is 0 Å². The molecule has 2 atom stereocenters. The van der Waals surface area contributed by atoms with Gasteiger partial charge in [0.1, 0.15) is 0 Å². The average molecular weight is 538 g/mol. The Morgan fingerprint density at radius 1 is 1.19 bits per heavy atom. The first-order valence-electron chi connectivity index (χ1n) is 9.92. The van der Waals surface area contributed by atoms with Crippen molar-refractivity contribution in [3.63, 3.8) is 0 Å². The molecule has 1 unspecified atom stereocenters. The summed E-state index contributed by atoms with van der Waals surface area (Å²) in [5.74, 6) is -0.000664. The molecule has 2 aromatic carbocycles. The predicted molar refractivity (Wildman–Crippen MR) is 132 cm³/mol. The fraction of sp³-hybridized carbons (Fsp3) is 0.381. The minimum Gasteiger partial charge on any atom is -0.481 e. The van der Waals surface area contributed by atoms with Crippen LogP contribution >= 0.6 is 46.6 Å². The molecule has 2 aromatic rings. The van der Waals surface area contributed by atoms with E-state index in [1.165, 1.54) is 34.6 Å². The minimum atomic E-state index is -3.97. The summed E-state index contributed by atoms with van der Waals surface area (Å²) in [6.45, 7) is 3.12. The SMILES string of the molecule is C[C@H](CCN1CCSC1CC(=O)O)N(c1cc(Cl)ccc1Cl)S(=O)(=O)c1ccc(Cl)cc1. The Balaban J connectivity index is 1.91. The third-order valence-corrected chi connectivity index (χ3v) is 9.21. The van der Waals surface area contributed by atoms with Crippen LogP contribution in [0.2, 0.25) is 15.1 Å². The van der Waals surface area contributed by atoms with E-state index in [0.29, 0.717) is 28.7 Å². The molecule has 0 aromatic heterocycles. The van der Waals surface area contributed by atoms with Gasteiger partial charge in [-0.1, -0.05) is 34.8 Å². The number of benzene rings is 2. The van der Waals surface area contributed by atoms with Gasteiger partial charge in [0.05, 0.1) is 27.4 Å². The first-order chi connectivity index (χ1) is 15.1. The van der Waals surface area contributed by atoms with Crippen molar-refractivity contribution < 1.29 is 18.3 Å². The summed E-state index contributed by atoms with van der Waals surface area (Å²) in [5.41, 5.74) is 0.291. The molecule has 1 aliphatic heterocycles. The van der Waals surface area contributed by atoms with Gasteiger partial charge in [0.2, 0.25) is 0 Å². The lowest BCUT2D eigenvalue weighted by molar-refractivity contribution is -0.137. The van der Waals surface area contributed by atoms with Gasteiger partial charge < -0.3 is 5.11 Å². The maximum Gasteiger partial charge on any atom is 0.305 e. The van der Waals surface area contributed by atoms with E-state index in [0.717, 1.165) is 12.3 Å². The van der Waals surface area contributed by atoms with E-state index in [1.807, 2.05) is 0 Å². The second kappa shape index (κ2) is 10.8. The second-order valence-electron chi connectivity index (χ2n) is 7.45. The third kappa shape index (κ3) is 6.04. The molecule has 0 spiro atoms. The average Bonchev–Trinajstić information content (AvgIpc) is 3.15. The number of carboxylic acid groups (broad SMARTS) is 1. The summed E-state index contributed by atoms with van der Waals surface area (Å²) >= 11 is 20.1. The zero-order valence-electron chi connectivity index (χ0n) is 17.2. The predicted octanol–water partition coefficient (Wildman–Crippen LogP) is 5.47. The van der Waals surface area contributed by atoms with Crippen molar-refractivity contribution in [1.82, 2.24) is 4.90 Å². The van der Waals surface area contributed by atoms with Crippen LogP contribution in [0, 0.1) is 0 Å². The van der Waals surface area contributed by atoms with Crippen LogP contribution in [-0.4, -0.2) is 54.7 Å². The Morgan fingerprint density at radius 3 is 2.50 bits per heavy atom. The molecule has 174 valence electrons. The summed E-state index contributed by atoms with van der Waals surface area (Å²) in [7, 11) is -3.97. The number of carboxylic acids is 1. The van der Waals surface area contributed by atoms with Crippen LogP contribution in [0.15, 0.2) is 47.4 Å². The third-order valence-electron chi connectivity index (χ3n) is 5.20. The summed E-state index contributed by atoms with van der Waals surface area (Å²) in [6, 6.07) is 10.2. The van der Waals surface area contributed by atoms with Gasteiger partial charge in [-0.2, -0.15) is 0 Å². The molecule has 6 nitrogen and oxygen atoms in total. The van der Waals surface area contributed by atoms with E-state index in [2.05, 4.69) is 4.90 Å². The molecule has 1 heterocycles. The normalized spacial score (nSPS) is 17.9. The standard InChI is InChI=1S/C21H23Cl3N2O4S2/c1-14(8-9-25-10-11-31-20(25)13-21(27)28)26(19-12-16(23)4-7-18(19)24)32(29,30)17-5-2-15(22)3-6-17/h2-7,12,14,20H,8-11,13H2,1H3,(H,27,28)/t14-,20?/m1/s1. The number of nitrogens with zero attached hydrogens (tertiary/aromatic N) is 2. The molecule has 32 heavy (non-hydrogen) atoms. The van der Waals surface area contributed by atoms with Gasteiger partial charge in [0, 0.05) is 34.9 Å². The molecule has 11 heteroatoms. The van der Waals surface area contributed by atoms with E-state index >= 15 is 0 Å². The van der Waals surface area contributed by atoms with Crippen molar-refractivity contribution in [2.45, 2.75) is 36.1 Å². The molecule has 1 fully saturated rings. The van der Waals surface area contributed by atoms with Crippen molar-refractivity contribution in [2.24, 2.45) is 0 Å². The highest BCUT2D eigenvalue weighted by Crippen LogP contribution is 2.36. The van der Waals surface area contributed by atoms with Crippen molar-refractivity contribution in [1.29, 1.82) is 0 Å². The molecule has 0 saturated carbocycles. The highest BCUT2D eigenvalue weighted by molar-refractivity contribution is 8.00. The van der Waals surface area contributed by atoms with Gasteiger partial charge in [0.25, 0.3) is 10.0 Å². The summed E-state index contributed by atoms with van der Waals surface area (Å²) in [6.07, 6.45) is 0.526. The molecule has 1 saturated heterocycles. The van der Waals surface area contributed by atoms with Crippen molar-refractivity contribution in [3.05, 3.63) is 57.5 Å². The van der Waals surface area contributed by atoms with E-state index in [9.17, 15) is 13.2 Å². The van der Waals surface area contributed by atoms with Crippen LogP contribution in [0.3, 0.4) is 0 Å². The van der Waals surface area contributed by atoms with Gasteiger partial charge >= 0.3 is 5.97 Å². The van der Waals surface area contributed by atoms with Crippen LogP contribution in [0.25, 0.3) is 0 Å². The van der Waals surface area contributed by atoms with Gasteiger partial charge in [-0.15, -0.1) is 11.8 Å². The number of carbonyl (C=O) groups is 1. The van der Waals surface area contributed by atoms with Crippen molar-refractivity contribution >= 4 is 68.2 Å². The van der Waals surface area contributed by atoms with E-state index in [4.69, 9.17) is 39.9 Å². The summed E-state index contributed by atoms with van der Waals surface area (Å²) in [4.78, 5) is 13.3. The summed E-state index contributed by atoms with van der Waals surface area (Å²) in [5, 5.41) is 10.1. The molecule has 0 radical (unpaired) electrons. The largest absolute Gasteiger partial charge is 0.481 e. The van der Waals surface area contributed by atoms with Gasteiger partial charge in [-0.05, 0) is 55.8 Å². The number of anilines is 1. The number of hydrogen-bond donors (Lipinski definition) is 1. The van der Waals surface area contributed by atoms with Gasteiger partial charge in [-0.3, -0.25) is 14.0 Å². The van der Waals surface area contributed by atoms with Crippen LogP contribution in [0.5, 0.6) is 0 Å². The zero-order chi connectivity index (χ0) is 23.5. The Hall–Kier alpha value is -1.16. The number of sulfonamides is 1. The molecular weight excluding hydrogens is 515 g/mol. The Labute approximate surface area is 207 Å². The molecular formula is C21H23Cl3N2O4S2. The molecule has 0 amide bonds. The monoisotopic (exact) mass is 536 g/mol. The first kappa shape index (κ1) is 25.5. The summed E-state index contributed by atoms with van der Waals surface area (Å²) < 4.78 is 28.6. The smallest absolute Gasteiger partial charge is 0.305 e. The first-order valence-corrected chi connectivity index (χ1v) is 13.5. The second-order valence-corrected chi connectivity index (χ2v) is 11.8. The Bertz CT molecular complexity index is 1070. The van der Waals surface area contributed by atoms with Crippen LogP contribution in [0.1, 0.15) is 19.8 Å². The number of hydrogen-bond acceptors (Lipinski definition) is 5. The zero-order valence-corrected chi connectivity index (χ0v) is 21.1. The number of aliphatic carboxylic acids is 1. The van der Waals surface area contributed by atoms with Gasteiger partial charge in [-0.25, -0.2) is 8.42 Å². The maximum atomic E-state index is 13.6. The molecule has 1 aliphatic rings. The van der Waals surface area contributed by atoms with Gasteiger partial charge in [0.15, 0.2) is 0 Å². The lowest BCUT2D eigenvalue weighted by Crippen LogP contribution is -2.42. The topological polar surface area (TPSA) is 77.9 Å². The molecule has 1 N–H and O–H groups in total. The quantitative estimate of drug-likeness (QED) is 0.457. The fourth-order valence-corrected chi connectivity index (χ4v) is 7.14. The van der Waals surface area contributed by atoms with Crippen molar-refractivity contribution in [2.75, 3.05) is 23.1 Å². The number of rotatable bonds is 9.